The first-order chi connectivity index (χ1) is 12.2. The normalized spacial score (nSPS) is 15.7. The van der Waals surface area contributed by atoms with Gasteiger partial charge in [-0.1, -0.05) is 41.0 Å². The summed E-state index contributed by atoms with van der Waals surface area (Å²) in [5.74, 6) is -0.0832. The molecule has 0 aliphatic heterocycles. The average Bonchev–Trinajstić information content (AvgIpc) is 2.49. The number of aliphatic hydroxyl groups excluding tert-OH is 1. The SMILES string of the molecule is CCCC(C)(C)CC(C)(CC)C(=O)OC(C)(C)CC(C)(C)N(CC)CCO. The number of esters is 1. The summed E-state index contributed by atoms with van der Waals surface area (Å²) < 4.78 is 6.10. The third-order valence-electron chi connectivity index (χ3n) is 5.90. The lowest BCUT2D eigenvalue weighted by Gasteiger charge is -2.44. The van der Waals surface area contributed by atoms with Crippen molar-refractivity contribution < 1.29 is 14.6 Å². The van der Waals surface area contributed by atoms with Gasteiger partial charge in [0.2, 0.25) is 0 Å². The summed E-state index contributed by atoms with van der Waals surface area (Å²) in [4.78, 5) is 15.4. The molecule has 4 heteroatoms. The van der Waals surface area contributed by atoms with Crippen molar-refractivity contribution >= 4 is 5.97 Å². The van der Waals surface area contributed by atoms with E-state index in [0.29, 0.717) is 6.54 Å². The Hall–Kier alpha value is -0.610. The second kappa shape index (κ2) is 10.2. The first-order valence-electron chi connectivity index (χ1n) is 10.8. The Morgan fingerprint density at radius 2 is 1.52 bits per heavy atom. The van der Waals surface area contributed by atoms with E-state index >= 15 is 0 Å². The largest absolute Gasteiger partial charge is 0.459 e. The van der Waals surface area contributed by atoms with Crippen molar-refractivity contribution in [1.82, 2.24) is 4.90 Å². The number of likely N-dealkylation sites (N-methyl/N-ethyl adjacent to an activating group) is 1. The van der Waals surface area contributed by atoms with Crippen LogP contribution in [0.1, 0.15) is 101 Å². The Balaban J connectivity index is 5.26. The van der Waals surface area contributed by atoms with Gasteiger partial charge in [-0.2, -0.15) is 0 Å². The molecular weight excluding hydrogens is 338 g/mol. The first kappa shape index (κ1) is 26.4. The highest BCUT2D eigenvalue weighted by Gasteiger charge is 2.42. The summed E-state index contributed by atoms with van der Waals surface area (Å²) in [6, 6.07) is 0. The van der Waals surface area contributed by atoms with Crippen LogP contribution >= 0.6 is 0 Å². The number of ether oxygens (including phenoxy) is 1. The molecule has 1 N–H and O–H groups in total. The van der Waals surface area contributed by atoms with Gasteiger partial charge >= 0.3 is 5.97 Å². The van der Waals surface area contributed by atoms with Crippen molar-refractivity contribution in [1.29, 1.82) is 0 Å². The first-order valence-corrected chi connectivity index (χ1v) is 10.8. The van der Waals surface area contributed by atoms with Crippen LogP contribution in [0.4, 0.5) is 0 Å². The van der Waals surface area contributed by atoms with Crippen molar-refractivity contribution in [2.75, 3.05) is 19.7 Å². The van der Waals surface area contributed by atoms with Crippen LogP contribution in [-0.4, -0.2) is 46.8 Å². The molecule has 0 saturated carbocycles. The number of carbonyl (C=O) groups excluding carboxylic acids is 1. The average molecular weight is 386 g/mol. The van der Waals surface area contributed by atoms with Crippen LogP contribution in [0, 0.1) is 10.8 Å². The van der Waals surface area contributed by atoms with Gasteiger partial charge in [0.05, 0.1) is 12.0 Å². The van der Waals surface area contributed by atoms with Crippen LogP contribution in [0.3, 0.4) is 0 Å². The van der Waals surface area contributed by atoms with E-state index in [1.165, 1.54) is 0 Å². The van der Waals surface area contributed by atoms with Gasteiger partial charge in [0.25, 0.3) is 0 Å². The number of carbonyl (C=O) groups is 1. The van der Waals surface area contributed by atoms with Crippen LogP contribution in [0.25, 0.3) is 0 Å². The lowest BCUT2D eigenvalue weighted by atomic mass is 9.70. The van der Waals surface area contributed by atoms with Crippen molar-refractivity contribution in [3.05, 3.63) is 0 Å². The third-order valence-corrected chi connectivity index (χ3v) is 5.90. The summed E-state index contributed by atoms with van der Waals surface area (Å²) in [6.45, 7) is 22.9. The predicted octanol–water partition coefficient (Wildman–Crippen LogP) is 5.42. The molecule has 0 aromatic rings. The van der Waals surface area contributed by atoms with E-state index in [2.05, 4.69) is 60.3 Å². The minimum absolute atomic E-state index is 0.0832. The molecule has 1 atom stereocenters. The number of hydrogen-bond donors (Lipinski definition) is 1. The van der Waals surface area contributed by atoms with Crippen molar-refractivity contribution in [2.24, 2.45) is 10.8 Å². The van der Waals surface area contributed by atoms with E-state index in [-0.39, 0.29) is 23.5 Å². The molecule has 0 spiro atoms. The monoisotopic (exact) mass is 385 g/mol. The zero-order valence-electron chi connectivity index (χ0n) is 19.9. The minimum atomic E-state index is -0.561. The molecule has 1 unspecified atom stereocenters. The lowest BCUT2D eigenvalue weighted by molar-refractivity contribution is -0.173. The maximum absolute atomic E-state index is 13.2. The van der Waals surface area contributed by atoms with E-state index in [1.807, 2.05) is 13.8 Å². The van der Waals surface area contributed by atoms with Gasteiger partial charge < -0.3 is 9.84 Å². The highest BCUT2D eigenvalue weighted by atomic mass is 16.6. The summed E-state index contributed by atoms with van der Waals surface area (Å²) in [7, 11) is 0. The molecule has 0 bridgehead atoms. The van der Waals surface area contributed by atoms with Gasteiger partial charge in [0.15, 0.2) is 0 Å². The molecular formula is C23H47NO3. The Bertz CT molecular complexity index is 457. The molecule has 0 aromatic heterocycles. The van der Waals surface area contributed by atoms with Gasteiger partial charge in [0, 0.05) is 18.5 Å². The van der Waals surface area contributed by atoms with Crippen LogP contribution in [0.2, 0.25) is 0 Å². The highest BCUT2D eigenvalue weighted by Crippen LogP contribution is 2.41. The fourth-order valence-electron chi connectivity index (χ4n) is 4.74. The molecule has 0 aromatic carbocycles. The maximum atomic E-state index is 13.2. The summed E-state index contributed by atoms with van der Waals surface area (Å²) in [5, 5.41) is 9.34. The number of nitrogens with zero attached hydrogens (tertiary/aromatic N) is 1. The zero-order valence-corrected chi connectivity index (χ0v) is 19.9. The Morgan fingerprint density at radius 1 is 0.963 bits per heavy atom. The van der Waals surface area contributed by atoms with E-state index in [0.717, 1.165) is 38.6 Å². The number of hydrogen-bond acceptors (Lipinski definition) is 4. The van der Waals surface area contributed by atoms with E-state index in [9.17, 15) is 9.90 Å². The van der Waals surface area contributed by atoms with Gasteiger partial charge in [-0.15, -0.1) is 0 Å². The molecule has 27 heavy (non-hydrogen) atoms. The highest BCUT2D eigenvalue weighted by molar-refractivity contribution is 5.76. The topological polar surface area (TPSA) is 49.8 Å². The molecule has 0 rings (SSSR count). The molecule has 0 aliphatic carbocycles. The van der Waals surface area contributed by atoms with E-state index in [1.54, 1.807) is 0 Å². The molecule has 0 heterocycles. The minimum Gasteiger partial charge on any atom is -0.459 e. The molecule has 162 valence electrons. The van der Waals surface area contributed by atoms with Crippen LogP contribution in [-0.2, 0) is 9.53 Å². The standard InChI is InChI=1S/C23H47NO3/c1-11-14-20(4,5)17-23(10,12-2)19(26)27-22(8,9)18-21(6,7)24(13-3)15-16-25/h25H,11-18H2,1-10H3. The number of rotatable bonds is 13. The molecule has 0 saturated heterocycles. The second-order valence-corrected chi connectivity index (χ2v) is 10.4. The molecule has 0 aliphatic rings. The van der Waals surface area contributed by atoms with Crippen molar-refractivity contribution in [3.63, 3.8) is 0 Å². The quantitative estimate of drug-likeness (QED) is 0.430. The Morgan fingerprint density at radius 3 is 1.93 bits per heavy atom. The van der Waals surface area contributed by atoms with E-state index in [4.69, 9.17) is 4.74 Å². The number of β-amino-alcohol motifs (C(OH)–C–C–N with tert-alkyl or cyclic N) is 1. The predicted molar refractivity (Wildman–Crippen MR) is 115 cm³/mol. The summed E-state index contributed by atoms with van der Waals surface area (Å²) >= 11 is 0. The molecule has 0 amide bonds. The van der Waals surface area contributed by atoms with Crippen molar-refractivity contribution in [3.8, 4) is 0 Å². The van der Waals surface area contributed by atoms with Crippen LogP contribution in [0.15, 0.2) is 0 Å². The molecule has 4 nitrogen and oxygen atoms in total. The van der Waals surface area contributed by atoms with E-state index < -0.39 is 11.0 Å². The van der Waals surface area contributed by atoms with Crippen LogP contribution in [0.5, 0.6) is 0 Å². The Kier molecular flexibility index (Phi) is 10.0. The maximum Gasteiger partial charge on any atom is 0.312 e. The summed E-state index contributed by atoms with van der Waals surface area (Å²) in [6.07, 6.45) is 4.58. The fraction of sp³-hybridized carbons (Fsp3) is 0.957. The van der Waals surface area contributed by atoms with Crippen LogP contribution < -0.4 is 0 Å². The van der Waals surface area contributed by atoms with Gasteiger partial charge in [-0.05, 0) is 65.8 Å². The molecule has 0 radical (unpaired) electrons. The zero-order chi connectivity index (χ0) is 21.5. The Labute approximate surface area is 169 Å². The van der Waals surface area contributed by atoms with Gasteiger partial charge in [-0.3, -0.25) is 9.69 Å². The lowest BCUT2D eigenvalue weighted by Crippen LogP contribution is -2.51. The fourth-order valence-corrected chi connectivity index (χ4v) is 4.74. The molecule has 0 fully saturated rings. The van der Waals surface area contributed by atoms with Crippen molar-refractivity contribution in [2.45, 2.75) is 112 Å². The second-order valence-electron chi connectivity index (χ2n) is 10.4. The van der Waals surface area contributed by atoms with Gasteiger partial charge in [-0.25, -0.2) is 0 Å². The van der Waals surface area contributed by atoms with Gasteiger partial charge in [0.1, 0.15) is 5.60 Å². The third kappa shape index (κ3) is 8.51. The number of aliphatic hydroxyl groups is 1. The summed E-state index contributed by atoms with van der Waals surface area (Å²) in [5.41, 5.74) is -1.06. The smallest absolute Gasteiger partial charge is 0.312 e.